The number of primary amides is 1. The second-order valence-corrected chi connectivity index (χ2v) is 5.79. The standard InChI is InChI=1S/C18H15N5O2/c19-16(24)10-2-1-3-11(8-10)17-20-6-5-14(23-17)15-9-12-13(22-15)4-7-21-18(12)25/h1-3,5-6,8-9,22H,4,7H2,(H2,19,24)(H,21,25). The van der Waals surface area contributed by atoms with Gasteiger partial charge in [0, 0.05) is 36.0 Å². The molecule has 2 amide bonds. The molecule has 0 unspecified atom stereocenters. The Morgan fingerprint density at radius 2 is 2.08 bits per heavy atom. The number of carbonyl (C=O) groups is 2. The van der Waals surface area contributed by atoms with E-state index < -0.39 is 5.91 Å². The molecule has 1 aromatic carbocycles. The molecule has 3 heterocycles. The van der Waals surface area contributed by atoms with Crippen LogP contribution in [0.4, 0.5) is 0 Å². The van der Waals surface area contributed by atoms with Crippen molar-refractivity contribution in [1.29, 1.82) is 0 Å². The van der Waals surface area contributed by atoms with Gasteiger partial charge >= 0.3 is 0 Å². The summed E-state index contributed by atoms with van der Waals surface area (Å²) in [5.74, 6) is -0.0918. The van der Waals surface area contributed by atoms with Crippen molar-refractivity contribution in [3.63, 3.8) is 0 Å². The number of nitrogens with one attached hydrogen (secondary N) is 2. The molecule has 4 N–H and O–H groups in total. The zero-order valence-corrected chi connectivity index (χ0v) is 13.2. The molecule has 0 radical (unpaired) electrons. The van der Waals surface area contributed by atoms with Crippen molar-refractivity contribution >= 4 is 11.8 Å². The number of nitrogens with two attached hydrogens (primary N) is 1. The Hall–Kier alpha value is -3.48. The summed E-state index contributed by atoms with van der Waals surface area (Å²) >= 11 is 0. The molecule has 7 nitrogen and oxygen atoms in total. The topological polar surface area (TPSA) is 114 Å². The van der Waals surface area contributed by atoms with Crippen LogP contribution in [0.1, 0.15) is 26.4 Å². The second kappa shape index (κ2) is 5.86. The van der Waals surface area contributed by atoms with E-state index in [2.05, 4.69) is 20.3 Å². The van der Waals surface area contributed by atoms with Crippen LogP contribution in [0.5, 0.6) is 0 Å². The number of H-pyrrole nitrogens is 1. The first kappa shape index (κ1) is 15.1. The van der Waals surface area contributed by atoms with Crippen LogP contribution < -0.4 is 11.1 Å². The first-order chi connectivity index (χ1) is 12.1. The third-order valence-corrected chi connectivity index (χ3v) is 4.14. The number of nitrogens with zero attached hydrogens (tertiary/aromatic N) is 2. The molecule has 1 aliphatic rings. The molecule has 0 saturated heterocycles. The quantitative estimate of drug-likeness (QED) is 0.674. The number of hydrogen-bond donors (Lipinski definition) is 3. The molecular formula is C18H15N5O2. The summed E-state index contributed by atoms with van der Waals surface area (Å²) in [5, 5.41) is 2.82. The van der Waals surface area contributed by atoms with Crippen LogP contribution >= 0.6 is 0 Å². The molecule has 4 rings (SSSR count). The van der Waals surface area contributed by atoms with Gasteiger partial charge in [-0.1, -0.05) is 12.1 Å². The fourth-order valence-corrected chi connectivity index (χ4v) is 2.89. The van der Waals surface area contributed by atoms with Gasteiger partial charge in [-0.25, -0.2) is 9.97 Å². The molecule has 0 aliphatic carbocycles. The molecule has 0 atom stereocenters. The van der Waals surface area contributed by atoms with Crippen molar-refractivity contribution in [2.24, 2.45) is 5.73 Å². The van der Waals surface area contributed by atoms with E-state index in [9.17, 15) is 9.59 Å². The number of aromatic nitrogens is 3. The normalized spacial score (nSPS) is 13.2. The second-order valence-electron chi connectivity index (χ2n) is 5.79. The number of benzene rings is 1. The average molecular weight is 333 g/mol. The Morgan fingerprint density at radius 3 is 2.88 bits per heavy atom. The molecule has 1 aliphatic heterocycles. The fraction of sp³-hybridized carbons (Fsp3) is 0.111. The third-order valence-electron chi connectivity index (χ3n) is 4.14. The summed E-state index contributed by atoms with van der Waals surface area (Å²) in [7, 11) is 0. The van der Waals surface area contributed by atoms with Gasteiger partial charge in [0.1, 0.15) is 0 Å². The maximum atomic E-state index is 11.9. The third kappa shape index (κ3) is 2.76. The van der Waals surface area contributed by atoms with Crippen molar-refractivity contribution in [3.05, 3.63) is 59.4 Å². The number of fused-ring (bicyclic) bond motifs is 1. The van der Waals surface area contributed by atoms with E-state index in [1.165, 1.54) is 0 Å². The van der Waals surface area contributed by atoms with E-state index in [4.69, 9.17) is 5.73 Å². The maximum Gasteiger partial charge on any atom is 0.253 e. The van der Waals surface area contributed by atoms with Gasteiger partial charge in [0.05, 0.1) is 17.0 Å². The lowest BCUT2D eigenvalue weighted by atomic mass is 10.1. The Bertz CT molecular complexity index is 993. The minimum absolute atomic E-state index is 0.0767. The number of carbonyl (C=O) groups excluding carboxylic acids is 2. The number of hydrogen-bond acceptors (Lipinski definition) is 4. The lowest BCUT2D eigenvalue weighted by Gasteiger charge is -2.10. The zero-order valence-electron chi connectivity index (χ0n) is 13.2. The van der Waals surface area contributed by atoms with Gasteiger partial charge in [-0.15, -0.1) is 0 Å². The Labute approximate surface area is 143 Å². The summed E-state index contributed by atoms with van der Waals surface area (Å²) in [6.07, 6.45) is 2.41. The maximum absolute atomic E-state index is 11.9. The highest BCUT2D eigenvalue weighted by Crippen LogP contribution is 2.24. The molecule has 0 fully saturated rings. The van der Waals surface area contributed by atoms with Gasteiger partial charge in [-0.3, -0.25) is 9.59 Å². The van der Waals surface area contributed by atoms with Gasteiger partial charge < -0.3 is 16.0 Å². The van der Waals surface area contributed by atoms with E-state index in [0.717, 1.165) is 17.8 Å². The van der Waals surface area contributed by atoms with E-state index in [1.807, 2.05) is 6.07 Å². The summed E-state index contributed by atoms with van der Waals surface area (Å²) in [5.41, 5.74) is 9.43. The summed E-state index contributed by atoms with van der Waals surface area (Å²) in [4.78, 5) is 35.4. The van der Waals surface area contributed by atoms with Crippen molar-refractivity contribution in [2.45, 2.75) is 6.42 Å². The molecule has 0 spiro atoms. The van der Waals surface area contributed by atoms with Crippen LogP contribution in [0.15, 0.2) is 42.6 Å². The molecule has 124 valence electrons. The SMILES string of the molecule is NC(=O)c1cccc(-c2nccc(-c3cc4c([nH]3)CCNC4=O)n2)c1. The molecule has 0 bridgehead atoms. The number of rotatable bonds is 3. The molecular weight excluding hydrogens is 318 g/mol. The van der Waals surface area contributed by atoms with E-state index >= 15 is 0 Å². The van der Waals surface area contributed by atoms with Gasteiger partial charge in [-0.05, 0) is 24.3 Å². The van der Waals surface area contributed by atoms with Gasteiger partial charge in [0.15, 0.2) is 5.82 Å². The largest absolute Gasteiger partial charge is 0.366 e. The molecule has 2 aromatic heterocycles. The van der Waals surface area contributed by atoms with Gasteiger partial charge in [-0.2, -0.15) is 0 Å². The molecule has 0 saturated carbocycles. The summed E-state index contributed by atoms with van der Waals surface area (Å²) < 4.78 is 0. The Morgan fingerprint density at radius 1 is 1.20 bits per heavy atom. The van der Waals surface area contributed by atoms with Crippen LogP contribution in [0.25, 0.3) is 22.8 Å². The molecule has 25 heavy (non-hydrogen) atoms. The molecule has 3 aromatic rings. The fourth-order valence-electron chi connectivity index (χ4n) is 2.89. The predicted octanol–water partition coefficient (Wildman–Crippen LogP) is 1.52. The van der Waals surface area contributed by atoms with Crippen LogP contribution in [0, 0.1) is 0 Å². The molecule has 7 heteroatoms. The Balaban J connectivity index is 1.74. The summed E-state index contributed by atoms with van der Waals surface area (Å²) in [6.45, 7) is 0.626. The highest BCUT2D eigenvalue weighted by molar-refractivity contribution is 5.97. The monoisotopic (exact) mass is 333 g/mol. The predicted molar refractivity (Wildman–Crippen MR) is 91.8 cm³/mol. The first-order valence-electron chi connectivity index (χ1n) is 7.85. The van der Waals surface area contributed by atoms with Crippen molar-refractivity contribution in [1.82, 2.24) is 20.3 Å². The van der Waals surface area contributed by atoms with E-state index in [-0.39, 0.29) is 5.91 Å². The van der Waals surface area contributed by atoms with Gasteiger partial charge in [0.2, 0.25) is 5.91 Å². The minimum Gasteiger partial charge on any atom is -0.366 e. The number of aromatic amines is 1. The summed E-state index contributed by atoms with van der Waals surface area (Å²) in [6, 6.07) is 10.4. The van der Waals surface area contributed by atoms with Crippen LogP contribution in [0.2, 0.25) is 0 Å². The first-order valence-corrected chi connectivity index (χ1v) is 7.85. The van der Waals surface area contributed by atoms with Crippen molar-refractivity contribution in [2.75, 3.05) is 6.54 Å². The lowest BCUT2D eigenvalue weighted by molar-refractivity contribution is 0.0944. The van der Waals surface area contributed by atoms with Crippen LogP contribution in [-0.2, 0) is 6.42 Å². The highest BCUT2D eigenvalue weighted by atomic mass is 16.2. The highest BCUT2D eigenvalue weighted by Gasteiger charge is 2.20. The Kier molecular flexibility index (Phi) is 3.53. The van der Waals surface area contributed by atoms with Crippen molar-refractivity contribution in [3.8, 4) is 22.8 Å². The zero-order chi connectivity index (χ0) is 17.4. The number of amides is 2. The smallest absolute Gasteiger partial charge is 0.253 e. The van der Waals surface area contributed by atoms with Crippen LogP contribution in [-0.4, -0.2) is 33.3 Å². The van der Waals surface area contributed by atoms with Crippen LogP contribution in [0.3, 0.4) is 0 Å². The van der Waals surface area contributed by atoms with Gasteiger partial charge in [0.25, 0.3) is 5.91 Å². The minimum atomic E-state index is -0.499. The van der Waals surface area contributed by atoms with E-state index in [1.54, 1.807) is 36.5 Å². The lowest BCUT2D eigenvalue weighted by Crippen LogP contribution is -2.31. The van der Waals surface area contributed by atoms with E-state index in [0.29, 0.717) is 34.8 Å². The van der Waals surface area contributed by atoms with Crippen molar-refractivity contribution < 1.29 is 9.59 Å². The average Bonchev–Trinajstić information content (AvgIpc) is 3.08.